The maximum absolute atomic E-state index is 8.57. The molecule has 1 aromatic heterocycles. The molecule has 2 aromatic rings. The van der Waals surface area contributed by atoms with E-state index < -0.39 is 0 Å². The van der Waals surface area contributed by atoms with E-state index in [9.17, 15) is 0 Å². The van der Waals surface area contributed by atoms with Crippen molar-refractivity contribution < 1.29 is 9.94 Å². The number of hydrogen-bond acceptors (Lipinski definition) is 6. The van der Waals surface area contributed by atoms with Gasteiger partial charge < -0.3 is 21.0 Å². The van der Waals surface area contributed by atoms with Crippen molar-refractivity contribution in [2.45, 2.75) is 13.5 Å². The predicted molar refractivity (Wildman–Crippen MR) is 83.0 cm³/mol. The number of nitrogens with one attached hydrogen (secondary N) is 1. The van der Waals surface area contributed by atoms with Crippen molar-refractivity contribution in [1.29, 1.82) is 0 Å². The Morgan fingerprint density at radius 1 is 1.43 bits per heavy atom. The molecule has 0 aliphatic carbocycles. The molecular formula is C14H18N4O2S. The lowest BCUT2D eigenvalue weighted by molar-refractivity contribution is 0.313. The van der Waals surface area contributed by atoms with Gasteiger partial charge in [0.2, 0.25) is 0 Å². The van der Waals surface area contributed by atoms with Crippen molar-refractivity contribution in [3.63, 3.8) is 0 Å². The van der Waals surface area contributed by atoms with Crippen LogP contribution in [0.4, 0.5) is 0 Å². The van der Waals surface area contributed by atoms with Gasteiger partial charge in [0.15, 0.2) is 5.84 Å². The molecule has 0 aliphatic heterocycles. The van der Waals surface area contributed by atoms with Crippen LogP contribution in [0.5, 0.6) is 5.75 Å². The monoisotopic (exact) mass is 306 g/mol. The van der Waals surface area contributed by atoms with Crippen LogP contribution in [0.2, 0.25) is 0 Å². The van der Waals surface area contributed by atoms with Crippen molar-refractivity contribution in [3.05, 3.63) is 45.9 Å². The summed E-state index contributed by atoms with van der Waals surface area (Å²) in [5.41, 5.74) is 6.14. The SMILES string of the molecule is Cc1ncc(CNCCOc2ccc(C(N)=NO)cc2)s1. The second-order valence-corrected chi connectivity index (χ2v) is 5.70. The average molecular weight is 306 g/mol. The Morgan fingerprint density at radius 2 is 2.19 bits per heavy atom. The first-order chi connectivity index (χ1) is 10.2. The standard InChI is InChI=1S/C14H18N4O2S/c1-10-17-9-13(21-10)8-16-6-7-20-12-4-2-11(3-5-12)14(15)18-19/h2-5,9,16,19H,6-8H2,1H3,(H2,15,18). The van der Waals surface area contributed by atoms with Gasteiger partial charge in [0.25, 0.3) is 0 Å². The molecule has 7 heteroatoms. The number of amidine groups is 1. The van der Waals surface area contributed by atoms with Crippen molar-refractivity contribution in [2.75, 3.05) is 13.2 Å². The lowest BCUT2D eigenvalue weighted by atomic mass is 10.2. The molecule has 0 spiro atoms. The minimum Gasteiger partial charge on any atom is -0.492 e. The van der Waals surface area contributed by atoms with E-state index in [0.29, 0.717) is 12.2 Å². The first-order valence-corrected chi connectivity index (χ1v) is 7.33. The number of thiazole rings is 1. The van der Waals surface area contributed by atoms with Crippen LogP contribution >= 0.6 is 11.3 Å². The Labute approximate surface area is 127 Å². The second kappa shape index (κ2) is 7.61. The van der Waals surface area contributed by atoms with E-state index in [1.807, 2.05) is 13.1 Å². The molecule has 0 amide bonds. The summed E-state index contributed by atoms with van der Waals surface area (Å²) in [7, 11) is 0. The summed E-state index contributed by atoms with van der Waals surface area (Å²) in [4.78, 5) is 5.42. The quantitative estimate of drug-likeness (QED) is 0.238. The van der Waals surface area contributed by atoms with Gasteiger partial charge in [0.1, 0.15) is 12.4 Å². The average Bonchev–Trinajstić information content (AvgIpc) is 2.92. The highest BCUT2D eigenvalue weighted by atomic mass is 32.1. The molecule has 0 radical (unpaired) electrons. The summed E-state index contributed by atoms with van der Waals surface area (Å²) < 4.78 is 5.60. The smallest absolute Gasteiger partial charge is 0.170 e. The van der Waals surface area contributed by atoms with E-state index in [2.05, 4.69) is 15.5 Å². The fourth-order valence-corrected chi connectivity index (χ4v) is 2.48. The second-order valence-electron chi connectivity index (χ2n) is 4.38. The van der Waals surface area contributed by atoms with Gasteiger partial charge in [-0.2, -0.15) is 0 Å². The number of ether oxygens (including phenoxy) is 1. The van der Waals surface area contributed by atoms with Crippen LogP contribution in [0.25, 0.3) is 0 Å². The zero-order chi connectivity index (χ0) is 15.1. The predicted octanol–water partition coefficient (Wildman–Crippen LogP) is 1.71. The number of oxime groups is 1. The van der Waals surface area contributed by atoms with Crippen molar-refractivity contribution in [3.8, 4) is 5.75 Å². The zero-order valence-electron chi connectivity index (χ0n) is 11.7. The summed E-state index contributed by atoms with van der Waals surface area (Å²) in [6.07, 6.45) is 1.89. The molecule has 112 valence electrons. The van der Waals surface area contributed by atoms with Crippen molar-refractivity contribution >= 4 is 17.2 Å². The Morgan fingerprint density at radius 3 is 2.81 bits per heavy atom. The molecule has 4 N–H and O–H groups in total. The number of rotatable bonds is 7. The summed E-state index contributed by atoms with van der Waals surface area (Å²) >= 11 is 1.69. The molecule has 0 unspecified atom stereocenters. The van der Waals surface area contributed by atoms with Gasteiger partial charge >= 0.3 is 0 Å². The van der Waals surface area contributed by atoms with Gasteiger partial charge in [0.05, 0.1) is 5.01 Å². The summed E-state index contributed by atoms with van der Waals surface area (Å²) in [5.74, 6) is 0.836. The number of nitrogens with two attached hydrogens (primary N) is 1. The third kappa shape index (κ3) is 4.73. The lowest BCUT2D eigenvalue weighted by Gasteiger charge is -2.07. The summed E-state index contributed by atoms with van der Waals surface area (Å²) in [6.45, 7) is 4.12. The highest BCUT2D eigenvalue weighted by Gasteiger charge is 2.00. The lowest BCUT2D eigenvalue weighted by Crippen LogP contribution is -2.20. The van der Waals surface area contributed by atoms with Gasteiger partial charge in [-0.15, -0.1) is 11.3 Å². The molecule has 6 nitrogen and oxygen atoms in total. The Balaban J connectivity index is 1.69. The van der Waals surface area contributed by atoms with Gasteiger partial charge in [-0.1, -0.05) is 5.16 Å². The van der Waals surface area contributed by atoms with E-state index >= 15 is 0 Å². The molecule has 0 fully saturated rings. The number of hydrogen-bond donors (Lipinski definition) is 3. The third-order valence-electron chi connectivity index (χ3n) is 2.77. The van der Waals surface area contributed by atoms with Crippen LogP contribution in [0.1, 0.15) is 15.4 Å². The van der Waals surface area contributed by atoms with Crippen LogP contribution in [-0.2, 0) is 6.54 Å². The summed E-state index contributed by atoms with van der Waals surface area (Å²) in [6, 6.07) is 7.08. The van der Waals surface area contributed by atoms with Gasteiger partial charge in [-0.25, -0.2) is 4.98 Å². The fourth-order valence-electron chi connectivity index (χ4n) is 1.72. The van der Waals surface area contributed by atoms with Gasteiger partial charge in [-0.3, -0.25) is 0 Å². The van der Waals surface area contributed by atoms with Crippen LogP contribution in [0, 0.1) is 6.92 Å². The minimum atomic E-state index is 0.0862. The van der Waals surface area contributed by atoms with E-state index in [1.54, 1.807) is 35.6 Å². The largest absolute Gasteiger partial charge is 0.492 e. The molecule has 0 saturated carbocycles. The van der Waals surface area contributed by atoms with E-state index in [4.69, 9.17) is 15.7 Å². The topological polar surface area (TPSA) is 92.8 Å². The van der Waals surface area contributed by atoms with Crippen LogP contribution < -0.4 is 15.8 Å². The Bertz CT molecular complexity index is 595. The van der Waals surface area contributed by atoms with Crippen LogP contribution in [0.3, 0.4) is 0 Å². The highest BCUT2D eigenvalue weighted by Crippen LogP contribution is 2.12. The first kappa shape index (κ1) is 15.3. The highest BCUT2D eigenvalue weighted by molar-refractivity contribution is 7.11. The van der Waals surface area contributed by atoms with E-state index in [1.165, 1.54) is 4.88 Å². The number of nitrogens with zero attached hydrogens (tertiary/aromatic N) is 2. The molecule has 0 atom stereocenters. The van der Waals surface area contributed by atoms with Crippen LogP contribution in [-0.4, -0.2) is 29.2 Å². The number of aryl methyl sites for hydroxylation is 1. The fraction of sp³-hybridized carbons (Fsp3) is 0.286. The minimum absolute atomic E-state index is 0.0862. The zero-order valence-corrected chi connectivity index (χ0v) is 12.6. The summed E-state index contributed by atoms with van der Waals surface area (Å²) in [5, 5.41) is 15.9. The molecule has 0 aliphatic rings. The van der Waals surface area contributed by atoms with Crippen molar-refractivity contribution in [2.24, 2.45) is 10.9 Å². The third-order valence-corrected chi connectivity index (χ3v) is 3.69. The first-order valence-electron chi connectivity index (χ1n) is 6.52. The molecule has 21 heavy (non-hydrogen) atoms. The van der Waals surface area contributed by atoms with Crippen molar-refractivity contribution in [1.82, 2.24) is 10.3 Å². The molecular weight excluding hydrogens is 288 g/mol. The maximum Gasteiger partial charge on any atom is 0.170 e. The normalized spacial score (nSPS) is 11.6. The molecule has 1 heterocycles. The Kier molecular flexibility index (Phi) is 5.53. The number of benzene rings is 1. The molecule has 1 aromatic carbocycles. The molecule has 2 rings (SSSR count). The molecule has 0 saturated heterocycles. The maximum atomic E-state index is 8.57. The molecule has 0 bridgehead atoms. The van der Waals surface area contributed by atoms with Crippen LogP contribution in [0.15, 0.2) is 35.6 Å². The number of aromatic nitrogens is 1. The van der Waals surface area contributed by atoms with E-state index in [-0.39, 0.29) is 5.84 Å². The van der Waals surface area contributed by atoms with Gasteiger partial charge in [-0.05, 0) is 31.2 Å². The Hall–Kier alpha value is -2.12. The van der Waals surface area contributed by atoms with E-state index in [0.717, 1.165) is 23.8 Å². The van der Waals surface area contributed by atoms with Gasteiger partial charge in [0, 0.05) is 29.7 Å².